The minimum atomic E-state index is 0.219. The number of hydrogen-bond donors (Lipinski definition) is 2. The van der Waals surface area contributed by atoms with Crippen LogP contribution in [0.4, 0.5) is 0 Å². The van der Waals surface area contributed by atoms with Crippen molar-refractivity contribution in [3.63, 3.8) is 0 Å². The first kappa shape index (κ1) is 11.7. The van der Waals surface area contributed by atoms with E-state index in [-0.39, 0.29) is 5.75 Å². The molecule has 3 rings (SSSR count). The molecule has 0 amide bonds. The third-order valence-electron chi connectivity index (χ3n) is 2.94. The molecule has 0 radical (unpaired) electrons. The van der Waals surface area contributed by atoms with Crippen LogP contribution in [0, 0.1) is 0 Å². The molecule has 1 aliphatic rings. The lowest BCUT2D eigenvalue weighted by molar-refractivity contribution is 0.162. The molecule has 5 nitrogen and oxygen atoms in total. The number of hydrogen-bond acceptors (Lipinski definition) is 5. The van der Waals surface area contributed by atoms with E-state index in [1.807, 2.05) is 6.07 Å². The third-order valence-corrected chi connectivity index (χ3v) is 2.94. The molecule has 0 spiro atoms. The lowest BCUT2D eigenvalue weighted by atomic mass is 10.0. The summed E-state index contributed by atoms with van der Waals surface area (Å²) in [5.74, 6) is 7.05. The molecule has 0 saturated carbocycles. The van der Waals surface area contributed by atoms with E-state index in [4.69, 9.17) is 20.2 Å². The summed E-state index contributed by atoms with van der Waals surface area (Å²) in [7, 11) is 0. The molecule has 2 aromatic rings. The van der Waals surface area contributed by atoms with E-state index in [9.17, 15) is 5.11 Å². The highest BCUT2D eigenvalue weighted by Crippen LogP contribution is 2.42. The van der Waals surface area contributed by atoms with E-state index in [1.54, 1.807) is 30.3 Å². The average molecular weight is 259 g/mol. The molecule has 5 heteroatoms. The van der Waals surface area contributed by atoms with Gasteiger partial charge in [-0.3, -0.25) is 0 Å². The van der Waals surface area contributed by atoms with Crippen LogP contribution in [0.5, 0.6) is 23.0 Å². The molecule has 0 bridgehead atoms. The highest BCUT2D eigenvalue weighted by molar-refractivity contribution is 5.71. The van der Waals surface area contributed by atoms with Crippen molar-refractivity contribution in [2.24, 2.45) is 5.90 Å². The Hall–Kier alpha value is -2.40. The molecule has 0 atom stereocenters. The molecular formula is C14H13NO4. The topological polar surface area (TPSA) is 73.9 Å². The van der Waals surface area contributed by atoms with Crippen molar-refractivity contribution in [3.8, 4) is 34.1 Å². The van der Waals surface area contributed by atoms with Gasteiger partial charge in [-0.2, -0.15) is 5.90 Å². The quantitative estimate of drug-likeness (QED) is 0.808. The summed E-state index contributed by atoms with van der Waals surface area (Å²) in [6.07, 6.45) is 0. The summed E-state index contributed by atoms with van der Waals surface area (Å²) < 4.78 is 11.0. The van der Waals surface area contributed by atoms with Gasteiger partial charge < -0.3 is 19.4 Å². The van der Waals surface area contributed by atoms with E-state index in [1.165, 1.54) is 0 Å². The first-order valence-corrected chi connectivity index (χ1v) is 5.88. The van der Waals surface area contributed by atoms with E-state index in [0.717, 1.165) is 11.1 Å². The monoisotopic (exact) mass is 259 g/mol. The standard InChI is InChI=1S/C14H13NO4/c15-19-13-8-10(9-1-3-11(16)4-2-9)7-12-14(13)18-6-5-17-12/h1-4,7-8,16H,5-6,15H2. The molecule has 98 valence electrons. The fourth-order valence-electron chi connectivity index (χ4n) is 2.03. The summed E-state index contributed by atoms with van der Waals surface area (Å²) in [6.45, 7) is 0.970. The van der Waals surface area contributed by atoms with Crippen LogP contribution in [0.2, 0.25) is 0 Å². The van der Waals surface area contributed by atoms with E-state index < -0.39 is 0 Å². The van der Waals surface area contributed by atoms with Gasteiger partial charge in [-0.25, -0.2) is 0 Å². The van der Waals surface area contributed by atoms with Crippen LogP contribution in [-0.4, -0.2) is 18.3 Å². The van der Waals surface area contributed by atoms with Crippen molar-refractivity contribution in [2.45, 2.75) is 0 Å². The minimum Gasteiger partial charge on any atom is -0.508 e. The van der Waals surface area contributed by atoms with Gasteiger partial charge >= 0.3 is 0 Å². The Morgan fingerprint density at radius 3 is 2.47 bits per heavy atom. The number of aromatic hydroxyl groups is 1. The summed E-state index contributed by atoms with van der Waals surface area (Å²) in [6, 6.07) is 10.5. The van der Waals surface area contributed by atoms with Gasteiger partial charge in [-0.05, 0) is 35.4 Å². The predicted molar refractivity (Wildman–Crippen MR) is 69.3 cm³/mol. The Labute approximate surface area is 110 Å². The summed E-state index contributed by atoms with van der Waals surface area (Å²) in [5, 5.41) is 9.31. The Balaban J connectivity index is 2.09. The van der Waals surface area contributed by atoms with Crippen LogP contribution in [0.15, 0.2) is 36.4 Å². The first-order valence-electron chi connectivity index (χ1n) is 5.88. The van der Waals surface area contributed by atoms with Gasteiger partial charge in [0.1, 0.15) is 19.0 Å². The maximum absolute atomic E-state index is 9.31. The van der Waals surface area contributed by atoms with Crippen molar-refractivity contribution >= 4 is 0 Å². The molecule has 19 heavy (non-hydrogen) atoms. The number of phenols is 1. The molecule has 0 fully saturated rings. The van der Waals surface area contributed by atoms with Crippen molar-refractivity contribution in [3.05, 3.63) is 36.4 Å². The molecule has 0 unspecified atom stereocenters. The SMILES string of the molecule is NOc1cc(-c2ccc(O)cc2)cc2c1OCCO2. The lowest BCUT2D eigenvalue weighted by Gasteiger charge is -2.21. The third kappa shape index (κ3) is 2.15. The second-order valence-corrected chi connectivity index (χ2v) is 4.16. The van der Waals surface area contributed by atoms with Crippen LogP contribution in [0.3, 0.4) is 0 Å². The minimum absolute atomic E-state index is 0.219. The highest BCUT2D eigenvalue weighted by Gasteiger charge is 2.19. The van der Waals surface area contributed by atoms with Gasteiger partial charge in [0.2, 0.25) is 5.75 Å². The fraction of sp³-hybridized carbons (Fsp3) is 0.143. The zero-order valence-electron chi connectivity index (χ0n) is 10.1. The number of phenolic OH excluding ortho intramolecular Hbond substituents is 1. The van der Waals surface area contributed by atoms with Crippen LogP contribution in [0.1, 0.15) is 0 Å². The zero-order valence-corrected chi connectivity index (χ0v) is 10.1. The molecular weight excluding hydrogens is 246 g/mol. The lowest BCUT2D eigenvalue weighted by Crippen LogP contribution is -2.17. The predicted octanol–water partition coefficient (Wildman–Crippen LogP) is 2.08. The number of nitrogens with two attached hydrogens (primary N) is 1. The van der Waals surface area contributed by atoms with Crippen molar-refractivity contribution in [2.75, 3.05) is 13.2 Å². The summed E-state index contributed by atoms with van der Waals surface area (Å²) in [4.78, 5) is 4.84. The summed E-state index contributed by atoms with van der Waals surface area (Å²) in [5.41, 5.74) is 1.80. The second kappa shape index (κ2) is 4.70. The molecule has 0 aliphatic carbocycles. The van der Waals surface area contributed by atoms with E-state index >= 15 is 0 Å². The molecule has 1 aliphatic heterocycles. The van der Waals surface area contributed by atoms with Crippen molar-refractivity contribution < 1.29 is 19.4 Å². The number of ether oxygens (including phenoxy) is 2. The molecule has 1 heterocycles. The Morgan fingerprint density at radius 1 is 1.00 bits per heavy atom. The molecule has 0 aromatic heterocycles. The van der Waals surface area contributed by atoms with Crippen LogP contribution in [-0.2, 0) is 0 Å². The van der Waals surface area contributed by atoms with Crippen molar-refractivity contribution in [1.82, 2.24) is 0 Å². The van der Waals surface area contributed by atoms with Gasteiger partial charge in [0.15, 0.2) is 11.5 Å². The number of benzene rings is 2. The van der Waals surface area contributed by atoms with Gasteiger partial charge in [-0.15, -0.1) is 0 Å². The highest BCUT2D eigenvalue weighted by atomic mass is 16.6. The van der Waals surface area contributed by atoms with Gasteiger partial charge in [0.05, 0.1) is 0 Å². The fourth-order valence-corrected chi connectivity index (χ4v) is 2.03. The van der Waals surface area contributed by atoms with Crippen molar-refractivity contribution in [1.29, 1.82) is 0 Å². The number of rotatable bonds is 2. The average Bonchev–Trinajstić information content (AvgIpc) is 2.47. The largest absolute Gasteiger partial charge is 0.508 e. The van der Waals surface area contributed by atoms with Gasteiger partial charge in [0, 0.05) is 0 Å². The zero-order chi connectivity index (χ0) is 13.2. The van der Waals surface area contributed by atoms with Crippen LogP contribution >= 0.6 is 0 Å². The van der Waals surface area contributed by atoms with Gasteiger partial charge in [-0.1, -0.05) is 12.1 Å². The Kier molecular flexibility index (Phi) is 2.89. The van der Waals surface area contributed by atoms with E-state index in [0.29, 0.717) is 30.5 Å². The molecule has 0 saturated heterocycles. The Bertz CT molecular complexity index is 578. The maximum atomic E-state index is 9.31. The molecule has 3 N–H and O–H groups in total. The number of fused-ring (bicyclic) bond motifs is 1. The van der Waals surface area contributed by atoms with E-state index in [2.05, 4.69) is 0 Å². The normalized spacial score (nSPS) is 13.1. The summed E-state index contributed by atoms with van der Waals surface area (Å²) >= 11 is 0. The van der Waals surface area contributed by atoms with Crippen LogP contribution in [0.25, 0.3) is 11.1 Å². The smallest absolute Gasteiger partial charge is 0.206 e. The first-order chi connectivity index (χ1) is 9.28. The van der Waals surface area contributed by atoms with Gasteiger partial charge in [0.25, 0.3) is 0 Å². The van der Waals surface area contributed by atoms with Crippen LogP contribution < -0.4 is 20.2 Å². The Morgan fingerprint density at radius 2 is 1.74 bits per heavy atom. The molecule has 2 aromatic carbocycles. The maximum Gasteiger partial charge on any atom is 0.206 e. The second-order valence-electron chi connectivity index (χ2n) is 4.16.